The first-order chi connectivity index (χ1) is 9.55. The van der Waals surface area contributed by atoms with E-state index in [1.54, 1.807) is 0 Å². The van der Waals surface area contributed by atoms with E-state index in [1.807, 2.05) is 0 Å². The van der Waals surface area contributed by atoms with Gasteiger partial charge >= 0.3 is 5.97 Å². The van der Waals surface area contributed by atoms with Gasteiger partial charge in [0.2, 0.25) is 10.0 Å². The third kappa shape index (κ3) is 7.24. The molecule has 0 unspecified atom stereocenters. The lowest BCUT2D eigenvalue weighted by Gasteiger charge is -2.09. The number of hydrogen-bond donors (Lipinski definition) is 1. The van der Waals surface area contributed by atoms with E-state index in [2.05, 4.69) is 11.6 Å². The van der Waals surface area contributed by atoms with Crippen LogP contribution in [0.3, 0.4) is 0 Å². The van der Waals surface area contributed by atoms with Crippen molar-refractivity contribution in [3.05, 3.63) is 0 Å². The molecule has 5 nitrogen and oxygen atoms in total. The zero-order valence-electron chi connectivity index (χ0n) is 12.4. The molecule has 0 radical (unpaired) electrons. The predicted octanol–water partition coefficient (Wildman–Crippen LogP) is 2.36. The van der Waals surface area contributed by atoms with Crippen LogP contribution < -0.4 is 4.72 Å². The lowest BCUT2D eigenvalue weighted by Crippen LogP contribution is -2.39. The first-order valence-electron chi connectivity index (χ1n) is 7.72. The molecule has 1 aliphatic rings. The minimum absolute atomic E-state index is 0.103. The molecule has 0 aromatic carbocycles. The summed E-state index contributed by atoms with van der Waals surface area (Å²) in [4.78, 5) is 11.2. The largest absolute Gasteiger partial charge is 0.464 e. The predicted molar refractivity (Wildman–Crippen MR) is 78.9 cm³/mol. The number of unbranched alkanes of at least 4 members (excludes halogenated alkanes) is 7. The molecule has 0 bridgehead atoms. The molecule has 0 aliphatic carbocycles. The van der Waals surface area contributed by atoms with Crippen molar-refractivity contribution in [1.82, 2.24) is 4.72 Å². The zero-order chi connectivity index (χ0) is 14.8. The van der Waals surface area contributed by atoms with Crippen molar-refractivity contribution in [1.29, 1.82) is 0 Å². The van der Waals surface area contributed by atoms with Gasteiger partial charge in [0.15, 0.2) is 0 Å². The van der Waals surface area contributed by atoms with Crippen molar-refractivity contribution in [3.8, 4) is 0 Å². The number of carbonyl (C=O) groups is 1. The highest BCUT2D eigenvalue weighted by Gasteiger charge is 2.30. The molecule has 6 heteroatoms. The molecule has 1 N–H and O–H groups in total. The normalized spacial score (nSPS) is 19.2. The van der Waals surface area contributed by atoms with Crippen molar-refractivity contribution < 1.29 is 17.9 Å². The first-order valence-corrected chi connectivity index (χ1v) is 9.37. The highest BCUT2D eigenvalue weighted by molar-refractivity contribution is 7.89. The summed E-state index contributed by atoms with van der Waals surface area (Å²) in [5.41, 5.74) is 0. The van der Waals surface area contributed by atoms with Gasteiger partial charge in [0, 0.05) is 6.42 Å². The molecule has 0 aromatic rings. The van der Waals surface area contributed by atoms with Crippen LogP contribution in [0.2, 0.25) is 0 Å². The van der Waals surface area contributed by atoms with E-state index in [4.69, 9.17) is 4.74 Å². The molecule has 118 valence electrons. The van der Waals surface area contributed by atoms with E-state index in [-0.39, 0.29) is 5.75 Å². The molecule has 1 rings (SSSR count). The van der Waals surface area contributed by atoms with E-state index < -0.39 is 22.0 Å². The second-order valence-corrected chi connectivity index (χ2v) is 7.29. The van der Waals surface area contributed by atoms with E-state index in [1.165, 1.54) is 32.1 Å². The molecule has 1 heterocycles. The van der Waals surface area contributed by atoms with Gasteiger partial charge in [0.25, 0.3) is 0 Å². The fraction of sp³-hybridized carbons (Fsp3) is 0.929. The Morgan fingerprint density at radius 1 is 1.10 bits per heavy atom. The highest BCUT2D eigenvalue weighted by Crippen LogP contribution is 2.10. The Bertz CT molecular complexity index is 381. The quantitative estimate of drug-likeness (QED) is 0.470. The number of nitrogens with one attached hydrogen (secondary N) is 1. The van der Waals surface area contributed by atoms with Crippen LogP contribution in [-0.4, -0.2) is 32.8 Å². The summed E-state index contributed by atoms with van der Waals surface area (Å²) < 4.78 is 30.7. The Morgan fingerprint density at radius 2 is 1.70 bits per heavy atom. The average molecular weight is 305 g/mol. The highest BCUT2D eigenvalue weighted by atomic mass is 32.2. The Hall–Kier alpha value is -0.620. The third-order valence-electron chi connectivity index (χ3n) is 3.52. The molecule has 0 aromatic heterocycles. The molecular weight excluding hydrogens is 278 g/mol. The number of carbonyl (C=O) groups excluding carboxylic acids is 1. The molecule has 1 atom stereocenters. The molecule has 1 saturated heterocycles. The van der Waals surface area contributed by atoms with Crippen LogP contribution in [-0.2, 0) is 19.6 Å². The van der Waals surface area contributed by atoms with Crippen LogP contribution >= 0.6 is 0 Å². The van der Waals surface area contributed by atoms with Crippen LogP contribution in [0.25, 0.3) is 0 Å². The van der Waals surface area contributed by atoms with Crippen molar-refractivity contribution in [2.24, 2.45) is 0 Å². The number of ether oxygens (including phenoxy) is 1. The molecule has 0 amide bonds. The van der Waals surface area contributed by atoms with Crippen molar-refractivity contribution in [2.75, 3.05) is 12.4 Å². The van der Waals surface area contributed by atoms with Gasteiger partial charge in [0.05, 0.1) is 12.4 Å². The zero-order valence-corrected chi connectivity index (χ0v) is 13.2. The van der Waals surface area contributed by atoms with Crippen molar-refractivity contribution in [2.45, 2.75) is 70.8 Å². The van der Waals surface area contributed by atoms with Gasteiger partial charge in [-0.2, -0.15) is 0 Å². The number of cyclic esters (lactones) is 1. The summed E-state index contributed by atoms with van der Waals surface area (Å²) in [6, 6.07) is -0.672. The van der Waals surface area contributed by atoms with Gasteiger partial charge in [-0.15, -0.1) is 0 Å². The Morgan fingerprint density at radius 3 is 2.25 bits per heavy atom. The topological polar surface area (TPSA) is 72.5 Å². The van der Waals surface area contributed by atoms with Crippen LogP contribution in [0.4, 0.5) is 0 Å². The number of hydrogen-bond acceptors (Lipinski definition) is 4. The molecule has 1 fully saturated rings. The lowest BCUT2D eigenvalue weighted by molar-refractivity contribution is -0.139. The fourth-order valence-electron chi connectivity index (χ4n) is 2.30. The summed E-state index contributed by atoms with van der Waals surface area (Å²) in [5, 5.41) is 0. The van der Waals surface area contributed by atoms with Gasteiger partial charge in [-0.05, 0) is 6.42 Å². The minimum atomic E-state index is -3.35. The SMILES string of the molecule is CCCCCCCCCCS(=O)(=O)N[C@H]1CCOC1=O. The van der Waals surface area contributed by atoms with Crippen LogP contribution in [0.5, 0.6) is 0 Å². The first kappa shape index (κ1) is 17.4. The fourth-order valence-corrected chi connectivity index (χ4v) is 3.65. The molecule has 0 saturated carbocycles. The van der Waals surface area contributed by atoms with E-state index in [0.717, 1.165) is 12.8 Å². The summed E-state index contributed by atoms with van der Waals surface area (Å²) in [6.45, 7) is 2.50. The summed E-state index contributed by atoms with van der Waals surface area (Å²) in [5.74, 6) is -0.351. The maximum absolute atomic E-state index is 11.8. The monoisotopic (exact) mass is 305 g/mol. The van der Waals surface area contributed by atoms with Crippen molar-refractivity contribution in [3.63, 3.8) is 0 Å². The summed E-state index contributed by atoms with van der Waals surface area (Å²) in [6.07, 6.45) is 9.35. The summed E-state index contributed by atoms with van der Waals surface area (Å²) in [7, 11) is -3.35. The lowest BCUT2D eigenvalue weighted by atomic mass is 10.1. The number of esters is 1. The van der Waals surface area contributed by atoms with E-state index in [9.17, 15) is 13.2 Å². The maximum atomic E-state index is 11.8. The van der Waals surface area contributed by atoms with Gasteiger partial charge < -0.3 is 4.74 Å². The van der Waals surface area contributed by atoms with Gasteiger partial charge in [-0.25, -0.2) is 13.1 Å². The second kappa shape index (κ2) is 9.34. The van der Waals surface area contributed by atoms with E-state index >= 15 is 0 Å². The Kier molecular flexibility index (Phi) is 8.14. The van der Waals surface area contributed by atoms with Crippen LogP contribution in [0.15, 0.2) is 0 Å². The molecule has 1 aliphatic heterocycles. The third-order valence-corrected chi connectivity index (χ3v) is 4.99. The van der Waals surface area contributed by atoms with E-state index in [0.29, 0.717) is 19.4 Å². The smallest absolute Gasteiger partial charge is 0.324 e. The molecular formula is C14H27NO4S. The van der Waals surface area contributed by atoms with Crippen LogP contribution in [0.1, 0.15) is 64.7 Å². The standard InChI is InChI=1S/C14H27NO4S/c1-2-3-4-5-6-7-8-9-12-20(17,18)15-13-10-11-19-14(13)16/h13,15H,2-12H2,1H3/t13-/m0/s1. The molecule has 0 spiro atoms. The number of sulfonamides is 1. The summed E-state index contributed by atoms with van der Waals surface area (Å²) >= 11 is 0. The van der Waals surface area contributed by atoms with Gasteiger partial charge in [-0.3, -0.25) is 4.79 Å². The van der Waals surface area contributed by atoms with Crippen LogP contribution in [0, 0.1) is 0 Å². The maximum Gasteiger partial charge on any atom is 0.324 e. The Labute approximate surface area is 122 Å². The Balaban J connectivity index is 2.06. The second-order valence-electron chi connectivity index (χ2n) is 5.42. The van der Waals surface area contributed by atoms with Crippen molar-refractivity contribution >= 4 is 16.0 Å². The van der Waals surface area contributed by atoms with Gasteiger partial charge in [-0.1, -0.05) is 51.9 Å². The number of rotatable bonds is 11. The molecule has 20 heavy (non-hydrogen) atoms. The average Bonchev–Trinajstić information content (AvgIpc) is 2.77. The van der Waals surface area contributed by atoms with Gasteiger partial charge in [0.1, 0.15) is 6.04 Å². The minimum Gasteiger partial charge on any atom is -0.464 e.